The molecule has 0 aliphatic rings. The molecule has 0 aromatic heterocycles. The van der Waals surface area contributed by atoms with Crippen LogP contribution in [0.4, 0.5) is 0 Å². The molecule has 0 amide bonds. The first-order valence-electron chi connectivity index (χ1n) is 40.5. The first-order chi connectivity index (χ1) is 46.8. The van der Waals surface area contributed by atoms with Gasteiger partial charge < -0.3 is 33.8 Å². The van der Waals surface area contributed by atoms with Crippen LogP contribution in [0, 0.1) is 17.8 Å². The molecule has 0 saturated carbocycles. The summed E-state index contributed by atoms with van der Waals surface area (Å²) in [6.45, 7) is 11.9. The molecule has 0 spiro atoms. The summed E-state index contributed by atoms with van der Waals surface area (Å²) < 4.78 is 68.6. The van der Waals surface area contributed by atoms with Gasteiger partial charge in [-0.15, -0.1) is 0 Å². The molecule has 3 N–H and O–H groups in total. The van der Waals surface area contributed by atoms with E-state index in [2.05, 4.69) is 48.5 Å². The molecule has 5 unspecified atom stereocenters. The lowest BCUT2D eigenvalue weighted by Crippen LogP contribution is -2.30. The number of ether oxygens (including phenoxy) is 4. The molecule has 17 nitrogen and oxygen atoms in total. The van der Waals surface area contributed by atoms with Crippen LogP contribution in [0.2, 0.25) is 0 Å². The van der Waals surface area contributed by atoms with Crippen LogP contribution < -0.4 is 0 Å². The molecule has 0 radical (unpaired) electrons. The van der Waals surface area contributed by atoms with Crippen LogP contribution in [0.3, 0.4) is 0 Å². The van der Waals surface area contributed by atoms with Crippen LogP contribution >= 0.6 is 15.6 Å². The van der Waals surface area contributed by atoms with E-state index in [9.17, 15) is 43.2 Å². The van der Waals surface area contributed by atoms with E-state index in [0.717, 1.165) is 114 Å². The van der Waals surface area contributed by atoms with Crippen molar-refractivity contribution in [2.24, 2.45) is 17.8 Å². The predicted octanol–water partition coefficient (Wildman–Crippen LogP) is 23.0. The van der Waals surface area contributed by atoms with Crippen molar-refractivity contribution >= 4 is 39.5 Å². The number of aliphatic hydroxyl groups excluding tert-OH is 1. The number of phosphoric ester groups is 2. The third-order valence-corrected chi connectivity index (χ3v) is 21.1. The van der Waals surface area contributed by atoms with E-state index in [1.54, 1.807) is 0 Å². The second-order valence-corrected chi connectivity index (χ2v) is 31.7. The monoisotopic (exact) mass is 1420 g/mol. The minimum Gasteiger partial charge on any atom is -0.462 e. The van der Waals surface area contributed by atoms with Crippen LogP contribution in [0.5, 0.6) is 0 Å². The molecular formula is C78H152O17P2. The van der Waals surface area contributed by atoms with Crippen molar-refractivity contribution in [3.05, 3.63) is 0 Å². The van der Waals surface area contributed by atoms with Crippen molar-refractivity contribution in [3.8, 4) is 0 Å². The number of carbonyl (C=O) groups excluding carboxylic acids is 4. The zero-order valence-electron chi connectivity index (χ0n) is 63.5. The Morgan fingerprint density at radius 2 is 0.495 bits per heavy atom. The third-order valence-electron chi connectivity index (χ3n) is 19.2. The highest BCUT2D eigenvalue weighted by Crippen LogP contribution is 2.45. The van der Waals surface area contributed by atoms with Gasteiger partial charge in [0, 0.05) is 25.7 Å². The maximum atomic E-state index is 13.1. The fourth-order valence-electron chi connectivity index (χ4n) is 11.9. The molecule has 0 aliphatic heterocycles. The first kappa shape index (κ1) is 95.1. The zero-order valence-corrected chi connectivity index (χ0v) is 65.3. The molecule has 0 aliphatic carbocycles. The fourth-order valence-corrected chi connectivity index (χ4v) is 13.4. The van der Waals surface area contributed by atoms with Gasteiger partial charge in [0.15, 0.2) is 12.2 Å². The summed E-state index contributed by atoms with van der Waals surface area (Å²) in [5.74, 6) is 0.190. The lowest BCUT2D eigenvalue weighted by molar-refractivity contribution is -0.161. The van der Waals surface area contributed by atoms with Gasteiger partial charge in [-0.3, -0.25) is 37.3 Å². The van der Waals surface area contributed by atoms with Gasteiger partial charge in [0.2, 0.25) is 0 Å². The number of unbranched alkanes of at least 4 members (excludes halogenated alkanes) is 41. The maximum Gasteiger partial charge on any atom is 0.472 e. The second kappa shape index (κ2) is 68.5. The van der Waals surface area contributed by atoms with Crippen molar-refractivity contribution < 1.29 is 80.2 Å². The van der Waals surface area contributed by atoms with Crippen LogP contribution in [0.15, 0.2) is 0 Å². The van der Waals surface area contributed by atoms with E-state index in [0.29, 0.717) is 25.7 Å². The van der Waals surface area contributed by atoms with Gasteiger partial charge in [0.1, 0.15) is 19.3 Å². The van der Waals surface area contributed by atoms with Crippen molar-refractivity contribution in [3.63, 3.8) is 0 Å². The highest BCUT2D eigenvalue weighted by molar-refractivity contribution is 7.47. The van der Waals surface area contributed by atoms with Crippen LogP contribution in [-0.2, 0) is 65.4 Å². The smallest absolute Gasteiger partial charge is 0.462 e. The largest absolute Gasteiger partial charge is 0.472 e. The van der Waals surface area contributed by atoms with Crippen molar-refractivity contribution in [2.75, 3.05) is 39.6 Å². The second-order valence-electron chi connectivity index (χ2n) is 28.8. The topological polar surface area (TPSA) is 237 Å². The van der Waals surface area contributed by atoms with Gasteiger partial charge in [-0.25, -0.2) is 9.13 Å². The maximum absolute atomic E-state index is 13.1. The minimum absolute atomic E-state index is 0.104. The predicted molar refractivity (Wildman–Crippen MR) is 395 cm³/mol. The number of carbonyl (C=O) groups is 4. The summed E-state index contributed by atoms with van der Waals surface area (Å²) in [6.07, 6.45) is 55.5. The number of rotatable bonds is 76. The molecule has 19 heteroatoms. The average molecular weight is 1420 g/mol. The molecule has 97 heavy (non-hydrogen) atoms. The van der Waals surface area contributed by atoms with E-state index < -0.39 is 97.5 Å². The van der Waals surface area contributed by atoms with Crippen LogP contribution in [0.1, 0.15) is 402 Å². The number of aliphatic hydroxyl groups is 1. The van der Waals surface area contributed by atoms with E-state index in [1.165, 1.54) is 205 Å². The van der Waals surface area contributed by atoms with Gasteiger partial charge in [-0.1, -0.05) is 350 Å². The Labute approximate surface area is 594 Å². The van der Waals surface area contributed by atoms with Crippen molar-refractivity contribution in [1.82, 2.24) is 0 Å². The normalized spacial score (nSPS) is 14.9. The summed E-state index contributed by atoms with van der Waals surface area (Å²) in [5, 5.41) is 10.6. The highest BCUT2D eigenvalue weighted by Gasteiger charge is 2.30. The molecule has 576 valence electrons. The van der Waals surface area contributed by atoms with Crippen molar-refractivity contribution in [1.29, 1.82) is 0 Å². The van der Waals surface area contributed by atoms with Gasteiger partial charge in [0.25, 0.3) is 0 Å². The summed E-state index contributed by atoms with van der Waals surface area (Å²) in [6, 6.07) is 0. The molecule has 0 aromatic rings. The molecule has 8 atom stereocenters. The third kappa shape index (κ3) is 68.3. The number of hydrogen-bond donors (Lipinski definition) is 3. The van der Waals surface area contributed by atoms with E-state index in [-0.39, 0.29) is 25.7 Å². The lowest BCUT2D eigenvalue weighted by atomic mass is 9.99. The summed E-state index contributed by atoms with van der Waals surface area (Å²) in [7, 11) is -9.92. The molecule has 0 aromatic carbocycles. The fraction of sp³-hybridized carbons (Fsp3) is 0.949. The molecule has 0 rings (SSSR count). The van der Waals surface area contributed by atoms with Gasteiger partial charge in [0.05, 0.1) is 26.4 Å². The summed E-state index contributed by atoms with van der Waals surface area (Å²) in [5.41, 5.74) is 0. The van der Waals surface area contributed by atoms with E-state index in [1.807, 2.05) is 0 Å². The Balaban J connectivity index is 5.22. The standard InChI is InChI=1S/C78H152O17P2/c1-8-12-13-14-15-16-17-18-19-20-21-22-23-24-25-26-27-32-38-47-54-61-77(82)94-73(65-88-75(80)59-52-45-37-31-29-28-30-35-42-49-56-69(5)9-2)67-92-96(84,85)90-63-72(79)64-91-97(86,87)93-68-74(66-89-76(81)60-53-46-41-40-44-51-58-71(7)11-4)95-78(83)62-55-48-39-34-33-36-43-50-57-70(6)10-3/h69-74,79H,8-68H2,1-7H3,(H,84,85)(H,86,87)/t69?,70?,71?,72-,73-,74-/m1/s1. The van der Waals surface area contributed by atoms with Crippen LogP contribution in [0.25, 0.3) is 0 Å². The minimum atomic E-state index is -4.96. The lowest BCUT2D eigenvalue weighted by Gasteiger charge is -2.21. The quantitative estimate of drug-likeness (QED) is 0.0222. The van der Waals surface area contributed by atoms with Gasteiger partial charge >= 0.3 is 39.5 Å². The van der Waals surface area contributed by atoms with Gasteiger partial charge in [-0.05, 0) is 43.4 Å². The van der Waals surface area contributed by atoms with E-state index >= 15 is 0 Å². The zero-order chi connectivity index (χ0) is 71.6. The van der Waals surface area contributed by atoms with Crippen molar-refractivity contribution in [2.45, 2.75) is 420 Å². The Kier molecular flexibility index (Phi) is 67.1. The summed E-state index contributed by atoms with van der Waals surface area (Å²) >= 11 is 0. The molecule has 0 fully saturated rings. The van der Waals surface area contributed by atoms with E-state index in [4.69, 9.17) is 37.0 Å². The number of phosphoric acid groups is 2. The molecule has 0 heterocycles. The van der Waals surface area contributed by atoms with Gasteiger partial charge in [-0.2, -0.15) is 0 Å². The molecule has 0 bridgehead atoms. The van der Waals surface area contributed by atoms with Crippen LogP contribution in [-0.4, -0.2) is 96.7 Å². The SMILES string of the molecule is CCCCCCCCCCCCCCCCCCCCCCCC(=O)O[C@H](COC(=O)CCCCCCCCCCCCC(C)CC)COP(=O)(O)OC[C@@H](O)COP(=O)(O)OC[C@@H](COC(=O)CCCCCCCCC(C)CC)OC(=O)CCCCCCCCCCC(C)CC. The summed E-state index contributed by atoms with van der Waals surface area (Å²) in [4.78, 5) is 72.9. The Hall–Kier alpha value is -1.94. The highest BCUT2D eigenvalue weighted by atomic mass is 31.2. The Bertz CT molecular complexity index is 1890. The number of esters is 4. The Morgan fingerprint density at radius 1 is 0.289 bits per heavy atom. The Morgan fingerprint density at radius 3 is 0.732 bits per heavy atom. The first-order valence-corrected chi connectivity index (χ1v) is 43.5. The average Bonchev–Trinajstić information content (AvgIpc) is 1.13. The number of hydrogen-bond acceptors (Lipinski definition) is 15. The molecular weight excluding hydrogens is 1270 g/mol. The molecule has 0 saturated heterocycles.